The molecule has 2 atom stereocenters. The maximum absolute atomic E-state index is 11.9. The molecule has 9 heteroatoms. The molecule has 4 heterocycles. The third kappa shape index (κ3) is 4.50. The van der Waals surface area contributed by atoms with Crippen molar-refractivity contribution < 1.29 is 14.3 Å². The van der Waals surface area contributed by atoms with Crippen LogP contribution in [0.1, 0.15) is 51.1 Å². The van der Waals surface area contributed by atoms with E-state index in [4.69, 9.17) is 14.7 Å². The molecule has 0 unspecified atom stereocenters. The highest BCUT2D eigenvalue weighted by molar-refractivity contribution is 5.94. The first-order chi connectivity index (χ1) is 17.0. The normalized spacial score (nSPS) is 19.8. The molecule has 0 aliphatic carbocycles. The molecule has 9 nitrogen and oxygen atoms in total. The molecule has 5 rings (SSSR count). The summed E-state index contributed by atoms with van der Waals surface area (Å²) in [5.74, 6) is 0.863. The Morgan fingerprint density at radius 3 is 2.97 bits per heavy atom. The van der Waals surface area contributed by atoms with Gasteiger partial charge in [0.25, 0.3) is 0 Å². The molecule has 1 aromatic carbocycles. The minimum Gasteiger partial charge on any atom is -0.495 e. The Balaban J connectivity index is 1.26. The maximum Gasteiger partial charge on any atom is 0.338 e. The number of pyridine rings is 1. The number of benzene rings is 1. The first-order valence-corrected chi connectivity index (χ1v) is 11.7. The number of hydrogen-bond donors (Lipinski definition) is 1. The maximum atomic E-state index is 11.9. The lowest BCUT2D eigenvalue weighted by molar-refractivity contribution is 0.0535. The molecule has 2 aliphatic rings. The van der Waals surface area contributed by atoms with Crippen molar-refractivity contribution in [3.63, 3.8) is 0 Å². The van der Waals surface area contributed by atoms with Gasteiger partial charge in [-0.25, -0.2) is 14.5 Å². The van der Waals surface area contributed by atoms with E-state index in [1.54, 1.807) is 10.7 Å². The van der Waals surface area contributed by atoms with Gasteiger partial charge >= 0.3 is 5.97 Å². The van der Waals surface area contributed by atoms with Crippen molar-refractivity contribution >= 4 is 5.97 Å². The van der Waals surface area contributed by atoms with Crippen LogP contribution in [0.5, 0.6) is 5.75 Å². The molecule has 180 valence electrons. The minimum atomic E-state index is -0.226. The van der Waals surface area contributed by atoms with Crippen LogP contribution in [0.3, 0.4) is 0 Å². The Hall–Kier alpha value is -3.74. The summed E-state index contributed by atoms with van der Waals surface area (Å²) < 4.78 is 12.2. The van der Waals surface area contributed by atoms with Gasteiger partial charge in [0, 0.05) is 49.5 Å². The van der Waals surface area contributed by atoms with Gasteiger partial charge in [-0.2, -0.15) is 10.4 Å². The van der Waals surface area contributed by atoms with Crippen LogP contribution in [0, 0.1) is 18.3 Å². The SMILES string of the molecule is COc1cc(-n2cc(CCN3C[C@@H](c4ccc5c(c4C)COC5=O)N[C@@H](C)C3)cn2)ncc1C#N. The highest BCUT2D eigenvalue weighted by Crippen LogP contribution is 2.31. The second-order valence-corrected chi connectivity index (χ2v) is 9.16. The molecule has 0 saturated carbocycles. The summed E-state index contributed by atoms with van der Waals surface area (Å²) in [7, 11) is 1.54. The highest BCUT2D eigenvalue weighted by atomic mass is 16.5. The zero-order valence-corrected chi connectivity index (χ0v) is 20.1. The van der Waals surface area contributed by atoms with Gasteiger partial charge in [0.1, 0.15) is 24.0 Å². The number of nitrogens with zero attached hydrogens (tertiary/aromatic N) is 5. The Morgan fingerprint density at radius 2 is 2.17 bits per heavy atom. The molecule has 3 aromatic rings. The van der Waals surface area contributed by atoms with Gasteiger partial charge < -0.3 is 14.8 Å². The third-order valence-corrected chi connectivity index (χ3v) is 6.82. The summed E-state index contributed by atoms with van der Waals surface area (Å²) in [6.07, 6.45) is 6.19. The number of cyclic esters (lactones) is 1. The summed E-state index contributed by atoms with van der Waals surface area (Å²) in [5.41, 5.74) is 5.59. The van der Waals surface area contributed by atoms with E-state index in [-0.39, 0.29) is 12.0 Å². The van der Waals surface area contributed by atoms with Gasteiger partial charge in [0.05, 0.1) is 25.1 Å². The summed E-state index contributed by atoms with van der Waals surface area (Å²) in [6.45, 7) is 7.41. The van der Waals surface area contributed by atoms with Crippen molar-refractivity contribution in [3.05, 3.63) is 70.2 Å². The molecule has 2 aromatic heterocycles. The number of carbonyl (C=O) groups is 1. The molecule has 1 N–H and O–H groups in total. The first-order valence-electron chi connectivity index (χ1n) is 11.7. The van der Waals surface area contributed by atoms with Crippen molar-refractivity contribution in [2.45, 2.75) is 39.0 Å². The molecule has 1 fully saturated rings. The quantitative estimate of drug-likeness (QED) is 0.546. The monoisotopic (exact) mass is 472 g/mol. The zero-order chi connectivity index (χ0) is 24.5. The molecule has 2 aliphatic heterocycles. The van der Waals surface area contributed by atoms with E-state index in [0.717, 1.165) is 42.7 Å². The van der Waals surface area contributed by atoms with Crippen molar-refractivity contribution in [2.75, 3.05) is 26.7 Å². The molecular formula is C26H28N6O3. The number of esters is 1. The van der Waals surface area contributed by atoms with Gasteiger partial charge in [0.2, 0.25) is 0 Å². The van der Waals surface area contributed by atoms with Gasteiger partial charge in [-0.15, -0.1) is 0 Å². The lowest BCUT2D eigenvalue weighted by Crippen LogP contribution is -2.51. The lowest BCUT2D eigenvalue weighted by atomic mass is 9.92. The number of fused-ring (bicyclic) bond motifs is 1. The van der Waals surface area contributed by atoms with Crippen molar-refractivity contribution in [3.8, 4) is 17.6 Å². The Bertz CT molecular complexity index is 1310. The summed E-state index contributed by atoms with van der Waals surface area (Å²) >= 11 is 0. The number of hydrogen-bond acceptors (Lipinski definition) is 8. The zero-order valence-electron chi connectivity index (χ0n) is 20.1. The molecule has 0 radical (unpaired) electrons. The summed E-state index contributed by atoms with van der Waals surface area (Å²) in [5, 5.41) is 17.3. The van der Waals surface area contributed by atoms with Crippen LogP contribution >= 0.6 is 0 Å². The highest BCUT2D eigenvalue weighted by Gasteiger charge is 2.30. The van der Waals surface area contributed by atoms with Crippen molar-refractivity contribution in [1.29, 1.82) is 5.26 Å². The smallest absolute Gasteiger partial charge is 0.338 e. The largest absolute Gasteiger partial charge is 0.495 e. The second-order valence-electron chi connectivity index (χ2n) is 9.16. The number of rotatable bonds is 6. The minimum absolute atomic E-state index is 0.192. The van der Waals surface area contributed by atoms with Crippen LogP contribution in [0.2, 0.25) is 0 Å². The number of nitriles is 1. The van der Waals surface area contributed by atoms with Crippen molar-refractivity contribution in [2.24, 2.45) is 0 Å². The number of methoxy groups -OCH3 is 1. The standard InChI is InChI=1S/C26H28N6O3/c1-16-12-31(14-23(30-16)20-4-5-21-22(17(20)2)15-35-26(21)33)7-6-18-10-29-32(13-18)25-8-24(34-3)19(9-27)11-28-25/h4-5,8,10-11,13,16,23,30H,6-7,12,14-15H2,1-3H3/t16-,23-/m0/s1. The number of piperazine rings is 1. The van der Waals surface area contributed by atoms with Gasteiger partial charge in [-0.1, -0.05) is 6.07 Å². The lowest BCUT2D eigenvalue weighted by Gasteiger charge is -2.38. The van der Waals surface area contributed by atoms with Crippen LogP contribution in [0.15, 0.2) is 36.8 Å². The van der Waals surface area contributed by atoms with Crippen LogP contribution in [0.4, 0.5) is 0 Å². The van der Waals surface area contributed by atoms with E-state index in [2.05, 4.69) is 46.3 Å². The average Bonchev–Trinajstić information content (AvgIpc) is 3.49. The van der Waals surface area contributed by atoms with E-state index in [9.17, 15) is 4.79 Å². The fourth-order valence-corrected chi connectivity index (χ4v) is 4.99. The van der Waals surface area contributed by atoms with Gasteiger partial charge in [-0.05, 0) is 43.0 Å². The molecule has 1 saturated heterocycles. The third-order valence-electron chi connectivity index (χ3n) is 6.82. The van der Waals surface area contributed by atoms with Crippen LogP contribution in [-0.4, -0.2) is 58.4 Å². The van der Waals surface area contributed by atoms with E-state index in [1.807, 2.05) is 18.5 Å². The Kier molecular flexibility index (Phi) is 6.24. The predicted octanol–water partition coefficient (Wildman–Crippen LogP) is 2.70. The molecule has 0 spiro atoms. The second kappa shape index (κ2) is 9.49. The van der Waals surface area contributed by atoms with E-state index < -0.39 is 0 Å². The molecular weight excluding hydrogens is 444 g/mol. The Labute approximate surface area is 204 Å². The number of ether oxygens (including phenoxy) is 2. The fourth-order valence-electron chi connectivity index (χ4n) is 4.99. The average molecular weight is 473 g/mol. The summed E-state index contributed by atoms with van der Waals surface area (Å²) in [6, 6.07) is 8.30. The fraction of sp³-hybridized carbons (Fsp3) is 0.385. The molecule has 0 amide bonds. The van der Waals surface area contributed by atoms with Crippen LogP contribution in [0.25, 0.3) is 5.82 Å². The van der Waals surface area contributed by atoms with E-state index in [1.165, 1.54) is 18.9 Å². The number of aromatic nitrogens is 3. The topological polar surface area (TPSA) is 105 Å². The molecule has 0 bridgehead atoms. The molecule has 35 heavy (non-hydrogen) atoms. The van der Waals surface area contributed by atoms with Gasteiger partial charge in [-0.3, -0.25) is 4.90 Å². The van der Waals surface area contributed by atoms with E-state index in [0.29, 0.717) is 35.3 Å². The first kappa shape index (κ1) is 23.0. The van der Waals surface area contributed by atoms with Crippen LogP contribution < -0.4 is 10.1 Å². The predicted molar refractivity (Wildman–Crippen MR) is 128 cm³/mol. The summed E-state index contributed by atoms with van der Waals surface area (Å²) in [4.78, 5) is 18.7. The van der Waals surface area contributed by atoms with Gasteiger partial charge in [0.15, 0.2) is 5.82 Å². The number of carbonyl (C=O) groups excluding carboxylic acids is 1. The van der Waals surface area contributed by atoms with E-state index >= 15 is 0 Å². The Morgan fingerprint density at radius 1 is 1.31 bits per heavy atom. The number of nitrogens with one attached hydrogen (secondary N) is 1. The van der Waals surface area contributed by atoms with Crippen molar-refractivity contribution in [1.82, 2.24) is 25.0 Å². The van der Waals surface area contributed by atoms with Crippen LogP contribution in [-0.2, 0) is 17.8 Å².